The highest BCUT2D eigenvalue weighted by Gasteiger charge is 2.25. The molecule has 0 aliphatic rings. The van der Waals surface area contributed by atoms with Crippen LogP contribution in [0.3, 0.4) is 0 Å². The van der Waals surface area contributed by atoms with Crippen molar-refractivity contribution in [2.45, 2.75) is 79.8 Å². The predicted octanol–water partition coefficient (Wildman–Crippen LogP) is 5.37. The van der Waals surface area contributed by atoms with Crippen LogP contribution < -0.4 is 0 Å². The Hall–Kier alpha value is -1.31. The summed E-state index contributed by atoms with van der Waals surface area (Å²) >= 11 is 0. The van der Waals surface area contributed by atoms with Crippen molar-refractivity contribution in [1.82, 2.24) is 0 Å². The summed E-state index contributed by atoms with van der Waals surface area (Å²) < 4.78 is 5.56. The van der Waals surface area contributed by atoms with Crippen LogP contribution in [0.15, 0.2) is 18.2 Å². The minimum absolute atomic E-state index is 0.0277. The minimum atomic E-state index is -0.469. The van der Waals surface area contributed by atoms with E-state index >= 15 is 0 Å². The summed E-state index contributed by atoms with van der Waals surface area (Å²) in [5.74, 6) is -0.159. The van der Waals surface area contributed by atoms with Gasteiger partial charge in [-0.2, -0.15) is 0 Å². The zero-order valence-electron chi connectivity index (χ0n) is 15.8. The molecule has 2 heteroatoms. The minimum Gasteiger partial charge on any atom is -0.460 e. The first-order chi connectivity index (χ1) is 9.73. The van der Waals surface area contributed by atoms with Crippen molar-refractivity contribution >= 4 is 5.97 Å². The van der Waals surface area contributed by atoms with Crippen LogP contribution in [0.4, 0.5) is 0 Å². The first kappa shape index (κ1) is 18.7. The number of benzene rings is 1. The molecule has 0 amide bonds. The Bertz CT molecular complexity index is 534. The fourth-order valence-corrected chi connectivity index (χ4v) is 2.27. The smallest absolute Gasteiger partial charge is 0.311 e. The van der Waals surface area contributed by atoms with E-state index in [0.29, 0.717) is 6.61 Å². The van der Waals surface area contributed by atoms with Crippen molar-refractivity contribution in [2.24, 2.45) is 5.41 Å². The number of hydrogen-bond acceptors (Lipinski definition) is 2. The molecule has 0 saturated heterocycles. The van der Waals surface area contributed by atoms with Gasteiger partial charge in [0.2, 0.25) is 0 Å². The molecule has 0 N–H and O–H groups in total. The topological polar surface area (TPSA) is 26.3 Å². The van der Waals surface area contributed by atoms with Gasteiger partial charge in [0.15, 0.2) is 0 Å². The quantitative estimate of drug-likeness (QED) is 0.686. The molecule has 1 rings (SSSR count). The van der Waals surface area contributed by atoms with Crippen LogP contribution in [0.2, 0.25) is 0 Å². The van der Waals surface area contributed by atoms with Gasteiger partial charge < -0.3 is 4.74 Å². The van der Waals surface area contributed by atoms with Crippen LogP contribution in [0.1, 0.15) is 79.0 Å². The molecular weight excluding hydrogens is 272 g/mol. The lowest BCUT2D eigenvalue weighted by atomic mass is 9.79. The van der Waals surface area contributed by atoms with E-state index < -0.39 is 5.41 Å². The molecule has 0 aromatic heterocycles. The molecule has 2 nitrogen and oxygen atoms in total. The van der Waals surface area contributed by atoms with E-state index in [9.17, 15) is 4.79 Å². The molecule has 0 aliphatic heterocycles. The summed E-state index contributed by atoms with van der Waals surface area (Å²) in [5.41, 5.74) is 3.25. The maximum absolute atomic E-state index is 12.1. The van der Waals surface area contributed by atoms with Gasteiger partial charge in [-0.05, 0) is 48.3 Å². The van der Waals surface area contributed by atoms with Crippen molar-refractivity contribution in [2.75, 3.05) is 0 Å². The zero-order valence-corrected chi connectivity index (χ0v) is 15.8. The maximum Gasteiger partial charge on any atom is 0.311 e. The van der Waals surface area contributed by atoms with Crippen molar-refractivity contribution < 1.29 is 9.53 Å². The molecule has 0 bridgehead atoms. The number of carbonyl (C=O) groups excluding carboxylic acids is 1. The zero-order chi connectivity index (χ0) is 17.3. The molecule has 1 aromatic rings. The van der Waals surface area contributed by atoms with Crippen molar-refractivity contribution in [3.8, 4) is 0 Å². The highest BCUT2D eigenvalue weighted by atomic mass is 16.5. The second-order valence-electron chi connectivity index (χ2n) is 9.20. The van der Waals surface area contributed by atoms with Crippen molar-refractivity contribution in [3.63, 3.8) is 0 Å². The summed E-state index contributed by atoms with van der Waals surface area (Å²) in [5, 5.41) is 0. The van der Waals surface area contributed by atoms with Gasteiger partial charge in [-0.15, -0.1) is 0 Å². The lowest BCUT2D eigenvalue weighted by Crippen LogP contribution is -2.24. The number of carbonyl (C=O) groups is 1. The summed E-state index contributed by atoms with van der Waals surface area (Å²) in [6.45, 7) is 19.1. The molecule has 0 saturated carbocycles. The molecule has 0 fully saturated rings. The molecule has 0 aliphatic carbocycles. The largest absolute Gasteiger partial charge is 0.460 e. The Labute approximate surface area is 136 Å². The summed E-state index contributed by atoms with van der Waals surface area (Å²) in [6.07, 6.45) is 0. The van der Waals surface area contributed by atoms with Crippen LogP contribution in [0.5, 0.6) is 0 Å². The van der Waals surface area contributed by atoms with Gasteiger partial charge in [0.1, 0.15) is 6.61 Å². The second kappa shape index (κ2) is 6.06. The Balaban J connectivity index is 3.16. The van der Waals surface area contributed by atoms with Gasteiger partial charge in [-0.3, -0.25) is 4.79 Å². The lowest BCUT2D eigenvalue weighted by molar-refractivity contribution is -0.154. The van der Waals surface area contributed by atoms with E-state index in [1.54, 1.807) is 0 Å². The highest BCUT2D eigenvalue weighted by molar-refractivity contribution is 5.75. The monoisotopic (exact) mass is 304 g/mol. The van der Waals surface area contributed by atoms with Gasteiger partial charge in [-0.25, -0.2) is 0 Å². The molecular formula is C20H32O2. The molecule has 22 heavy (non-hydrogen) atoms. The lowest BCUT2D eigenvalue weighted by Gasteiger charge is -2.27. The number of rotatable bonds is 2. The standard InChI is InChI=1S/C20H32O2/c1-18(2,3)15-10-11-16(19(4,5)6)14(12-15)13-22-17(21)20(7,8)9/h10-12H,13H2,1-9H3. The number of ether oxygens (including phenoxy) is 1. The van der Waals surface area contributed by atoms with Gasteiger partial charge in [0.05, 0.1) is 5.41 Å². The van der Waals surface area contributed by atoms with E-state index in [1.807, 2.05) is 20.8 Å². The summed E-state index contributed by atoms with van der Waals surface area (Å²) in [7, 11) is 0. The number of hydrogen-bond donors (Lipinski definition) is 0. The third-order valence-electron chi connectivity index (χ3n) is 3.75. The number of esters is 1. The Morgan fingerprint density at radius 3 is 1.86 bits per heavy atom. The molecule has 0 heterocycles. The van der Waals surface area contributed by atoms with E-state index in [0.717, 1.165) is 5.56 Å². The normalized spacial score (nSPS) is 13.1. The molecule has 0 atom stereocenters. The van der Waals surface area contributed by atoms with E-state index in [1.165, 1.54) is 11.1 Å². The summed E-state index contributed by atoms with van der Waals surface area (Å²) in [4.78, 5) is 12.1. The fourth-order valence-electron chi connectivity index (χ4n) is 2.27. The van der Waals surface area contributed by atoms with E-state index in [2.05, 4.69) is 59.7 Å². The first-order valence-corrected chi connectivity index (χ1v) is 8.04. The van der Waals surface area contributed by atoms with Crippen molar-refractivity contribution in [3.05, 3.63) is 34.9 Å². The third kappa shape index (κ3) is 4.86. The van der Waals surface area contributed by atoms with Crippen molar-refractivity contribution in [1.29, 1.82) is 0 Å². The van der Waals surface area contributed by atoms with E-state index in [-0.39, 0.29) is 16.8 Å². The predicted molar refractivity (Wildman–Crippen MR) is 93.1 cm³/mol. The highest BCUT2D eigenvalue weighted by Crippen LogP contribution is 2.31. The fraction of sp³-hybridized carbons (Fsp3) is 0.650. The molecule has 0 spiro atoms. The molecule has 1 aromatic carbocycles. The summed E-state index contributed by atoms with van der Waals surface area (Å²) in [6, 6.07) is 6.56. The van der Waals surface area contributed by atoms with Crippen LogP contribution in [-0.2, 0) is 27.0 Å². The van der Waals surface area contributed by atoms with Crippen LogP contribution in [-0.4, -0.2) is 5.97 Å². The Morgan fingerprint density at radius 1 is 0.909 bits per heavy atom. The van der Waals surface area contributed by atoms with Gasteiger partial charge >= 0.3 is 5.97 Å². The molecule has 0 radical (unpaired) electrons. The third-order valence-corrected chi connectivity index (χ3v) is 3.75. The Kier molecular flexibility index (Phi) is 5.16. The average Bonchev–Trinajstić information content (AvgIpc) is 2.32. The molecule has 124 valence electrons. The van der Waals surface area contributed by atoms with E-state index in [4.69, 9.17) is 4.74 Å². The second-order valence-corrected chi connectivity index (χ2v) is 9.20. The van der Waals surface area contributed by atoms with Crippen LogP contribution >= 0.6 is 0 Å². The average molecular weight is 304 g/mol. The first-order valence-electron chi connectivity index (χ1n) is 8.04. The maximum atomic E-state index is 12.1. The molecule has 0 unspecified atom stereocenters. The van der Waals surface area contributed by atoms with Gasteiger partial charge in [0, 0.05) is 0 Å². The van der Waals surface area contributed by atoms with Crippen LogP contribution in [0.25, 0.3) is 0 Å². The Morgan fingerprint density at radius 2 is 1.45 bits per heavy atom. The SMILES string of the molecule is CC(C)(C)C(=O)OCc1cc(C(C)(C)C)ccc1C(C)(C)C. The van der Waals surface area contributed by atoms with Crippen LogP contribution in [0, 0.1) is 5.41 Å². The van der Waals surface area contributed by atoms with Gasteiger partial charge in [-0.1, -0.05) is 59.7 Å². The van der Waals surface area contributed by atoms with Gasteiger partial charge in [0.25, 0.3) is 0 Å².